The number of hydrogen-bond donors (Lipinski definition) is 1. The molecule has 1 unspecified atom stereocenters. The summed E-state index contributed by atoms with van der Waals surface area (Å²) in [5, 5.41) is 1.12. The van der Waals surface area contributed by atoms with Crippen LogP contribution < -0.4 is 15.4 Å². The van der Waals surface area contributed by atoms with Crippen molar-refractivity contribution >= 4 is 26.7 Å². The van der Waals surface area contributed by atoms with E-state index in [0.717, 1.165) is 62.0 Å². The third-order valence-electron chi connectivity index (χ3n) is 6.63. The van der Waals surface area contributed by atoms with Crippen molar-refractivity contribution in [3.05, 3.63) is 54.1 Å². The monoisotopic (exact) mass is 438 g/mol. The van der Waals surface area contributed by atoms with E-state index in [2.05, 4.69) is 60.0 Å². The summed E-state index contributed by atoms with van der Waals surface area (Å²) in [5.41, 5.74) is 8.94. The minimum Gasteiger partial charge on any atom is -0.497 e. The Balaban J connectivity index is 1.30. The van der Waals surface area contributed by atoms with Gasteiger partial charge in [0.25, 0.3) is 0 Å². The highest BCUT2D eigenvalue weighted by atomic mass is 32.1. The van der Waals surface area contributed by atoms with Crippen molar-refractivity contribution < 1.29 is 4.74 Å². The molecule has 0 amide bonds. The molecule has 1 aliphatic rings. The van der Waals surface area contributed by atoms with Gasteiger partial charge in [-0.1, -0.05) is 55.5 Å². The Bertz CT molecular complexity index is 982. The molecule has 0 aliphatic carbocycles. The van der Waals surface area contributed by atoms with Gasteiger partial charge in [-0.15, -0.1) is 0 Å². The van der Waals surface area contributed by atoms with Gasteiger partial charge in [0.2, 0.25) is 0 Å². The van der Waals surface area contributed by atoms with Crippen molar-refractivity contribution in [3.8, 4) is 5.75 Å². The van der Waals surface area contributed by atoms with Gasteiger partial charge in [-0.25, -0.2) is 4.98 Å². The van der Waals surface area contributed by atoms with Crippen molar-refractivity contribution in [2.75, 3.05) is 44.7 Å². The number of fused-ring (bicyclic) bond motifs is 1. The second-order valence-corrected chi connectivity index (χ2v) is 9.83. The first-order valence-electron chi connectivity index (χ1n) is 11.3. The molecule has 1 atom stereocenters. The molecule has 2 heterocycles. The van der Waals surface area contributed by atoms with E-state index in [0.29, 0.717) is 5.92 Å². The van der Waals surface area contributed by atoms with Crippen LogP contribution in [0.25, 0.3) is 10.2 Å². The van der Waals surface area contributed by atoms with Crippen LogP contribution in [0.15, 0.2) is 48.5 Å². The Hall–Kier alpha value is -2.15. The number of ether oxygens (including phenoxy) is 1. The molecule has 1 fully saturated rings. The molecular formula is C25H34N4OS. The van der Waals surface area contributed by atoms with Crippen molar-refractivity contribution in [2.24, 2.45) is 11.7 Å². The van der Waals surface area contributed by atoms with Crippen LogP contribution >= 0.6 is 11.3 Å². The number of piperazine rings is 1. The normalized spacial score (nSPS) is 17.3. The largest absolute Gasteiger partial charge is 0.497 e. The van der Waals surface area contributed by atoms with Crippen LogP contribution in [-0.2, 0) is 5.54 Å². The van der Waals surface area contributed by atoms with Crippen LogP contribution in [0.1, 0.15) is 32.3 Å². The lowest BCUT2D eigenvalue weighted by molar-refractivity contribution is 0.224. The summed E-state index contributed by atoms with van der Waals surface area (Å²) < 4.78 is 6.53. The van der Waals surface area contributed by atoms with E-state index in [4.69, 9.17) is 15.5 Å². The molecule has 6 heteroatoms. The molecule has 0 saturated carbocycles. The zero-order valence-corrected chi connectivity index (χ0v) is 19.7. The number of benzene rings is 2. The quantitative estimate of drug-likeness (QED) is 0.552. The highest BCUT2D eigenvalue weighted by Gasteiger charge is 2.31. The molecular weight excluding hydrogens is 404 g/mol. The van der Waals surface area contributed by atoms with Gasteiger partial charge in [0, 0.05) is 31.7 Å². The Morgan fingerprint density at radius 1 is 1.10 bits per heavy atom. The molecule has 2 N–H and O–H groups in total. The SMILES string of the molecule is COc1ccc2nc(N3CCN(CCCC(N)(c4ccccc4)C(C)C)CC3)sc2c1. The van der Waals surface area contributed by atoms with Crippen molar-refractivity contribution in [1.29, 1.82) is 0 Å². The molecule has 166 valence electrons. The summed E-state index contributed by atoms with van der Waals surface area (Å²) in [6, 6.07) is 16.7. The first kappa shape index (κ1) is 22.1. The molecule has 2 aromatic carbocycles. The van der Waals surface area contributed by atoms with E-state index in [9.17, 15) is 0 Å². The zero-order valence-electron chi connectivity index (χ0n) is 18.9. The number of nitrogens with zero attached hydrogens (tertiary/aromatic N) is 3. The molecule has 0 radical (unpaired) electrons. The number of nitrogens with two attached hydrogens (primary N) is 1. The van der Waals surface area contributed by atoms with Crippen LogP contribution in [0.2, 0.25) is 0 Å². The highest BCUT2D eigenvalue weighted by molar-refractivity contribution is 7.22. The number of anilines is 1. The van der Waals surface area contributed by atoms with Gasteiger partial charge in [0.15, 0.2) is 5.13 Å². The summed E-state index contributed by atoms with van der Waals surface area (Å²) in [6.07, 6.45) is 2.12. The topological polar surface area (TPSA) is 54.6 Å². The molecule has 0 bridgehead atoms. The molecule has 0 spiro atoms. The van der Waals surface area contributed by atoms with Crippen LogP contribution in [0.5, 0.6) is 5.75 Å². The zero-order chi connectivity index (χ0) is 21.8. The standard InChI is InChI=1S/C25H34N4OS/c1-19(2)25(26,20-8-5-4-6-9-20)12-7-13-28-14-16-29(17-15-28)24-27-22-11-10-21(30-3)18-23(22)31-24/h4-6,8-11,18-19H,7,12-17,26H2,1-3H3. The number of thiazole rings is 1. The van der Waals surface area contributed by atoms with E-state index in [1.54, 1.807) is 18.4 Å². The summed E-state index contributed by atoms with van der Waals surface area (Å²) in [5.74, 6) is 1.30. The second-order valence-electron chi connectivity index (χ2n) is 8.82. The van der Waals surface area contributed by atoms with E-state index in [1.807, 2.05) is 12.1 Å². The van der Waals surface area contributed by atoms with E-state index >= 15 is 0 Å². The molecule has 1 aliphatic heterocycles. The molecule has 1 aromatic heterocycles. The molecule has 1 saturated heterocycles. The third kappa shape index (κ3) is 4.86. The lowest BCUT2D eigenvalue weighted by Gasteiger charge is -2.37. The fraction of sp³-hybridized carbons (Fsp3) is 0.480. The average molecular weight is 439 g/mol. The van der Waals surface area contributed by atoms with E-state index in [1.165, 1.54) is 10.3 Å². The van der Waals surface area contributed by atoms with Crippen LogP contribution in [-0.4, -0.2) is 49.7 Å². The average Bonchev–Trinajstić information content (AvgIpc) is 3.23. The fourth-order valence-electron chi connectivity index (χ4n) is 4.43. The Morgan fingerprint density at radius 2 is 1.84 bits per heavy atom. The summed E-state index contributed by atoms with van der Waals surface area (Å²) in [4.78, 5) is 9.82. The van der Waals surface area contributed by atoms with Gasteiger partial charge in [0.05, 0.1) is 17.3 Å². The number of aromatic nitrogens is 1. The van der Waals surface area contributed by atoms with Gasteiger partial charge in [-0.2, -0.15) is 0 Å². The van der Waals surface area contributed by atoms with Gasteiger partial charge >= 0.3 is 0 Å². The maximum atomic E-state index is 6.89. The maximum absolute atomic E-state index is 6.89. The lowest BCUT2D eigenvalue weighted by Crippen LogP contribution is -2.47. The van der Waals surface area contributed by atoms with Gasteiger partial charge in [-0.3, -0.25) is 4.90 Å². The smallest absolute Gasteiger partial charge is 0.186 e. The second kappa shape index (κ2) is 9.55. The third-order valence-corrected chi connectivity index (χ3v) is 7.71. The predicted octanol–water partition coefficient (Wildman–Crippen LogP) is 4.72. The van der Waals surface area contributed by atoms with Crippen LogP contribution in [0.3, 0.4) is 0 Å². The Labute approximate surface area is 189 Å². The van der Waals surface area contributed by atoms with E-state index < -0.39 is 0 Å². The number of hydrogen-bond acceptors (Lipinski definition) is 6. The lowest BCUT2D eigenvalue weighted by atomic mass is 9.77. The summed E-state index contributed by atoms with van der Waals surface area (Å²) >= 11 is 1.76. The summed E-state index contributed by atoms with van der Waals surface area (Å²) in [7, 11) is 1.71. The Morgan fingerprint density at radius 3 is 2.52 bits per heavy atom. The minimum absolute atomic E-state index is 0.259. The first-order chi connectivity index (χ1) is 15.0. The highest BCUT2D eigenvalue weighted by Crippen LogP contribution is 2.33. The van der Waals surface area contributed by atoms with Crippen molar-refractivity contribution in [3.63, 3.8) is 0 Å². The van der Waals surface area contributed by atoms with Crippen LogP contribution in [0.4, 0.5) is 5.13 Å². The minimum atomic E-state index is -0.259. The van der Waals surface area contributed by atoms with Crippen LogP contribution in [0, 0.1) is 5.92 Å². The molecule has 4 rings (SSSR count). The maximum Gasteiger partial charge on any atom is 0.186 e. The van der Waals surface area contributed by atoms with Crippen molar-refractivity contribution in [1.82, 2.24) is 9.88 Å². The Kier molecular flexibility index (Phi) is 6.80. The first-order valence-corrected chi connectivity index (χ1v) is 12.1. The molecule has 3 aromatic rings. The van der Waals surface area contributed by atoms with Gasteiger partial charge < -0.3 is 15.4 Å². The molecule has 31 heavy (non-hydrogen) atoms. The predicted molar refractivity (Wildman–Crippen MR) is 131 cm³/mol. The number of methoxy groups -OCH3 is 1. The van der Waals surface area contributed by atoms with E-state index in [-0.39, 0.29) is 5.54 Å². The fourth-order valence-corrected chi connectivity index (χ4v) is 5.47. The summed E-state index contributed by atoms with van der Waals surface area (Å²) in [6.45, 7) is 9.76. The van der Waals surface area contributed by atoms with Crippen molar-refractivity contribution in [2.45, 2.75) is 32.2 Å². The molecule has 5 nitrogen and oxygen atoms in total. The number of rotatable bonds is 8. The van der Waals surface area contributed by atoms with Gasteiger partial charge in [0.1, 0.15) is 5.75 Å². The van der Waals surface area contributed by atoms with Gasteiger partial charge in [-0.05, 0) is 49.1 Å².